The summed E-state index contributed by atoms with van der Waals surface area (Å²) in [5.74, 6) is 0.652. The van der Waals surface area contributed by atoms with Gasteiger partial charge in [0.25, 0.3) is 5.91 Å². The molecule has 0 fully saturated rings. The highest BCUT2D eigenvalue weighted by molar-refractivity contribution is 7.17. The topological polar surface area (TPSA) is 86.8 Å². The number of pyridine rings is 1. The zero-order valence-corrected chi connectivity index (χ0v) is 19.9. The third kappa shape index (κ3) is 3.80. The fraction of sp³-hybridized carbons (Fsp3) is 0.222. The lowest BCUT2D eigenvalue weighted by atomic mass is 10.0. The van der Waals surface area contributed by atoms with E-state index in [0.29, 0.717) is 38.8 Å². The van der Waals surface area contributed by atoms with Crippen LogP contribution in [-0.4, -0.2) is 30.3 Å². The maximum Gasteiger partial charge on any atom is 0.341 e. The van der Waals surface area contributed by atoms with E-state index in [4.69, 9.17) is 19.2 Å². The third-order valence-corrected chi connectivity index (χ3v) is 7.46. The molecule has 6 rings (SSSR count). The van der Waals surface area contributed by atoms with Crippen LogP contribution in [0.2, 0.25) is 0 Å². The summed E-state index contributed by atoms with van der Waals surface area (Å²) >= 11 is 1.47. The number of benzene rings is 2. The summed E-state index contributed by atoms with van der Waals surface area (Å²) in [6, 6.07) is 14.9. The Morgan fingerprint density at radius 2 is 1.94 bits per heavy atom. The van der Waals surface area contributed by atoms with E-state index in [0.717, 1.165) is 40.7 Å². The summed E-state index contributed by atoms with van der Waals surface area (Å²) in [6.07, 6.45) is 2.74. The largest absolute Gasteiger partial charge is 0.462 e. The van der Waals surface area contributed by atoms with Crippen molar-refractivity contribution in [2.45, 2.75) is 26.2 Å². The van der Waals surface area contributed by atoms with Crippen LogP contribution >= 0.6 is 11.3 Å². The van der Waals surface area contributed by atoms with Crippen molar-refractivity contribution in [3.63, 3.8) is 0 Å². The number of esters is 1. The number of ether oxygens (including phenoxy) is 3. The minimum atomic E-state index is -0.386. The third-order valence-electron chi connectivity index (χ3n) is 6.26. The number of carbonyl (C=O) groups is 2. The molecule has 0 radical (unpaired) electrons. The van der Waals surface area contributed by atoms with Crippen molar-refractivity contribution >= 4 is 39.1 Å². The maximum absolute atomic E-state index is 13.6. The minimum absolute atomic E-state index is 0.186. The van der Waals surface area contributed by atoms with Gasteiger partial charge in [-0.3, -0.25) is 4.79 Å². The molecule has 2 aromatic carbocycles. The van der Waals surface area contributed by atoms with Gasteiger partial charge in [-0.05, 0) is 62.1 Å². The standard InChI is InChI=1S/C27H22N2O5S/c1-2-32-27(31)24-17-7-5-9-23(17)35-26(24)29-25(30)18-13-20(28-19-8-4-3-6-16(18)19)15-10-11-21-22(12-15)34-14-33-21/h3-4,6,8,10-13H,2,5,7,9,14H2,1H3,(H,29,30). The van der Waals surface area contributed by atoms with Gasteiger partial charge in [-0.2, -0.15) is 0 Å². The predicted octanol–water partition coefficient (Wildman–Crippen LogP) is 5.61. The van der Waals surface area contributed by atoms with E-state index < -0.39 is 0 Å². The lowest BCUT2D eigenvalue weighted by Crippen LogP contribution is -2.16. The second-order valence-corrected chi connectivity index (χ2v) is 9.48. The number of rotatable bonds is 5. The van der Waals surface area contributed by atoms with Crippen molar-refractivity contribution in [2.75, 3.05) is 18.7 Å². The van der Waals surface area contributed by atoms with Crippen LogP contribution in [0.15, 0.2) is 48.5 Å². The summed E-state index contributed by atoms with van der Waals surface area (Å²) in [5.41, 5.74) is 4.14. The Morgan fingerprint density at radius 3 is 2.83 bits per heavy atom. The molecule has 1 N–H and O–H groups in total. The van der Waals surface area contributed by atoms with Crippen LogP contribution in [0.4, 0.5) is 5.00 Å². The molecule has 1 amide bonds. The number of aryl methyl sites for hydroxylation is 1. The maximum atomic E-state index is 13.6. The molecule has 2 aromatic heterocycles. The molecule has 3 heterocycles. The van der Waals surface area contributed by atoms with Crippen molar-refractivity contribution in [2.24, 2.45) is 0 Å². The number of amides is 1. The Kier molecular flexibility index (Phi) is 5.37. The summed E-state index contributed by atoms with van der Waals surface area (Å²) in [7, 11) is 0. The molecule has 8 heteroatoms. The molecule has 1 aliphatic carbocycles. The fourth-order valence-electron chi connectivity index (χ4n) is 4.65. The van der Waals surface area contributed by atoms with Crippen molar-refractivity contribution < 1.29 is 23.8 Å². The van der Waals surface area contributed by atoms with Gasteiger partial charge >= 0.3 is 5.97 Å². The summed E-state index contributed by atoms with van der Waals surface area (Å²) < 4.78 is 16.2. The number of thiophene rings is 1. The van der Waals surface area contributed by atoms with E-state index in [9.17, 15) is 9.59 Å². The minimum Gasteiger partial charge on any atom is -0.462 e. The molecule has 0 unspecified atom stereocenters. The Bertz CT molecular complexity index is 1490. The van der Waals surface area contributed by atoms with Gasteiger partial charge in [0.2, 0.25) is 6.79 Å². The van der Waals surface area contributed by atoms with Crippen LogP contribution in [0.5, 0.6) is 11.5 Å². The summed E-state index contributed by atoms with van der Waals surface area (Å²) in [4.78, 5) is 32.3. The number of nitrogens with zero attached hydrogens (tertiary/aromatic N) is 1. The van der Waals surface area contributed by atoms with Gasteiger partial charge in [0, 0.05) is 15.8 Å². The van der Waals surface area contributed by atoms with Gasteiger partial charge in [-0.25, -0.2) is 9.78 Å². The lowest BCUT2D eigenvalue weighted by Gasteiger charge is -2.12. The highest BCUT2D eigenvalue weighted by atomic mass is 32.1. The molecule has 0 saturated heterocycles. The smallest absolute Gasteiger partial charge is 0.341 e. The quantitative estimate of drug-likeness (QED) is 0.369. The first-order valence-electron chi connectivity index (χ1n) is 11.5. The van der Waals surface area contributed by atoms with Gasteiger partial charge in [0.15, 0.2) is 11.5 Å². The van der Waals surface area contributed by atoms with Crippen LogP contribution in [0.1, 0.15) is 44.5 Å². The number of hydrogen-bond donors (Lipinski definition) is 1. The molecule has 2 aliphatic rings. The van der Waals surface area contributed by atoms with E-state index >= 15 is 0 Å². The Labute approximate surface area is 205 Å². The molecule has 0 spiro atoms. The highest BCUT2D eigenvalue weighted by Crippen LogP contribution is 2.40. The molecule has 7 nitrogen and oxygen atoms in total. The number of aromatic nitrogens is 1. The summed E-state index contributed by atoms with van der Waals surface area (Å²) in [6.45, 7) is 2.25. The van der Waals surface area contributed by atoms with E-state index in [1.807, 2.05) is 42.5 Å². The number of para-hydroxylation sites is 1. The zero-order chi connectivity index (χ0) is 23.9. The molecule has 4 aromatic rings. The lowest BCUT2D eigenvalue weighted by molar-refractivity contribution is 0.0527. The van der Waals surface area contributed by atoms with Gasteiger partial charge in [-0.1, -0.05) is 18.2 Å². The number of anilines is 1. The van der Waals surface area contributed by atoms with E-state index in [1.54, 1.807) is 13.0 Å². The van der Waals surface area contributed by atoms with Gasteiger partial charge in [-0.15, -0.1) is 11.3 Å². The van der Waals surface area contributed by atoms with Crippen LogP contribution in [-0.2, 0) is 17.6 Å². The average Bonchev–Trinajstić information content (AvgIpc) is 3.59. The van der Waals surface area contributed by atoms with Gasteiger partial charge in [0.05, 0.1) is 28.9 Å². The number of nitrogens with one attached hydrogen (secondary N) is 1. The number of hydrogen-bond acceptors (Lipinski definition) is 7. The SMILES string of the molecule is CCOC(=O)c1c(NC(=O)c2cc(-c3ccc4c(c3)OCO4)nc3ccccc23)sc2c1CCC2. The fourth-order valence-corrected chi connectivity index (χ4v) is 5.92. The first kappa shape index (κ1) is 21.6. The second kappa shape index (κ2) is 8.70. The monoisotopic (exact) mass is 486 g/mol. The first-order chi connectivity index (χ1) is 17.1. The Balaban J connectivity index is 1.41. The molecular weight excluding hydrogens is 464 g/mol. The van der Waals surface area contributed by atoms with E-state index in [1.165, 1.54) is 11.3 Å². The van der Waals surface area contributed by atoms with Crippen LogP contribution in [0.25, 0.3) is 22.2 Å². The Morgan fingerprint density at radius 1 is 1.09 bits per heavy atom. The normalized spacial score (nSPS) is 13.6. The van der Waals surface area contributed by atoms with Crippen LogP contribution < -0.4 is 14.8 Å². The predicted molar refractivity (Wildman–Crippen MR) is 134 cm³/mol. The van der Waals surface area contributed by atoms with E-state index in [-0.39, 0.29) is 25.3 Å². The molecular formula is C27H22N2O5S. The van der Waals surface area contributed by atoms with Gasteiger partial charge < -0.3 is 19.5 Å². The van der Waals surface area contributed by atoms with Crippen LogP contribution in [0.3, 0.4) is 0 Å². The number of fused-ring (bicyclic) bond motifs is 3. The molecule has 176 valence electrons. The average molecular weight is 487 g/mol. The highest BCUT2D eigenvalue weighted by Gasteiger charge is 2.29. The van der Waals surface area contributed by atoms with Crippen molar-refractivity contribution in [1.29, 1.82) is 0 Å². The molecule has 1 aliphatic heterocycles. The first-order valence-corrected chi connectivity index (χ1v) is 12.4. The van der Waals surface area contributed by atoms with Gasteiger partial charge in [0.1, 0.15) is 5.00 Å². The van der Waals surface area contributed by atoms with Crippen molar-refractivity contribution in [3.8, 4) is 22.8 Å². The molecule has 35 heavy (non-hydrogen) atoms. The van der Waals surface area contributed by atoms with Crippen molar-refractivity contribution in [1.82, 2.24) is 4.98 Å². The summed E-state index contributed by atoms with van der Waals surface area (Å²) in [5, 5.41) is 4.29. The molecule has 0 bridgehead atoms. The van der Waals surface area contributed by atoms with E-state index in [2.05, 4.69) is 5.32 Å². The zero-order valence-electron chi connectivity index (χ0n) is 19.1. The number of carbonyl (C=O) groups excluding carboxylic acids is 2. The molecule has 0 saturated carbocycles. The van der Waals surface area contributed by atoms with Crippen molar-refractivity contribution in [3.05, 3.63) is 70.1 Å². The second-order valence-electron chi connectivity index (χ2n) is 8.38. The molecule has 0 atom stereocenters. The van der Waals surface area contributed by atoms with Crippen LogP contribution in [0, 0.1) is 0 Å². The Hall–Kier alpha value is -3.91.